The first-order valence-electron chi connectivity index (χ1n) is 5.73. The van der Waals surface area contributed by atoms with Crippen molar-refractivity contribution in [1.82, 2.24) is 0 Å². The fourth-order valence-corrected chi connectivity index (χ4v) is 2.30. The fraction of sp³-hybridized carbons (Fsp3) is 0. The van der Waals surface area contributed by atoms with Crippen molar-refractivity contribution in [2.24, 2.45) is 0 Å². The molecule has 4 N–H and O–H groups in total. The summed E-state index contributed by atoms with van der Waals surface area (Å²) in [6.07, 6.45) is 0. The molecule has 3 aromatic carbocycles. The number of nitrogens with zero attached hydrogens (tertiary/aromatic N) is 1. The zero-order chi connectivity index (χ0) is 13.6. The first-order chi connectivity index (χ1) is 9.08. The normalized spacial score (nSPS) is 10.9. The van der Waals surface area contributed by atoms with Gasteiger partial charge in [0.05, 0.1) is 10.3 Å². The molecule has 0 fully saturated rings. The number of nitrogen functional groups attached to an aromatic ring is 2. The minimum absolute atomic E-state index is 0.0706. The van der Waals surface area contributed by atoms with Crippen molar-refractivity contribution in [3.8, 4) is 0 Å². The minimum Gasteiger partial charge on any atom is -0.398 e. The molecule has 0 aliphatic carbocycles. The molecular weight excluding hydrogens is 242 g/mol. The standard InChI is InChI=1S/C14H11N3O2/c15-12-4-5-13(16)11-7-9-8(6-10(11)12)2-1-3-14(9)17(18)19/h1-7H,15-16H2. The van der Waals surface area contributed by atoms with E-state index in [-0.39, 0.29) is 5.69 Å². The van der Waals surface area contributed by atoms with Crippen LogP contribution in [0.15, 0.2) is 42.5 Å². The molecule has 0 atom stereocenters. The van der Waals surface area contributed by atoms with Crippen molar-refractivity contribution in [3.05, 3.63) is 52.6 Å². The molecule has 0 saturated heterocycles. The summed E-state index contributed by atoms with van der Waals surface area (Å²) in [4.78, 5) is 10.7. The zero-order valence-electron chi connectivity index (χ0n) is 9.96. The second-order valence-corrected chi connectivity index (χ2v) is 4.40. The van der Waals surface area contributed by atoms with Gasteiger partial charge in [0, 0.05) is 28.2 Å². The van der Waals surface area contributed by atoms with E-state index in [9.17, 15) is 10.1 Å². The lowest BCUT2D eigenvalue weighted by atomic mass is 10.0. The molecule has 3 rings (SSSR count). The first kappa shape index (κ1) is 11.3. The number of hydrogen-bond acceptors (Lipinski definition) is 4. The van der Waals surface area contributed by atoms with Crippen LogP contribution in [0.3, 0.4) is 0 Å². The Balaban J connectivity index is 2.52. The molecule has 0 amide bonds. The van der Waals surface area contributed by atoms with Crippen molar-refractivity contribution in [2.45, 2.75) is 0 Å². The van der Waals surface area contributed by atoms with Crippen LogP contribution in [0, 0.1) is 10.1 Å². The quantitative estimate of drug-likeness (QED) is 0.301. The monoisotopic (exact) mass is 253 g/mol. The molecule has 5 nitrogen and oxygen atoms in total. The molecule has 3 aromatic rings. The average molecular weight is 253 g/mol. The summed E-state index contributed by atoms with van der Waals surface area (Å²) in [6, 6.07) is 12.0. The van der Waals surface area contributed by atoms with Crippen molar-refractivity contribution in [1.29, 1.82) is 0 Å². The van der Waals surface area contributed by atoms with Gasteiger partial charge in [-0.2, -0.15) is 0 Å². The number of rotatable bonds is 1. The van der Waals surface area contributed by atoms with Crippen LogP contribution in [-0.4, -0.2) is 4.92 Å². The van der Waals surface area contributed by atoms with Crippen molar-refractivity contribution >= 4 is 38.6 Å². The van der Waals surface area contributed by atoms with E-state index in [1.807, 2.05) is 12.1 Å². The van der Waals surface area contributed by atoms with Gasteiger partial charge in [0.2, 0.25) is 0 Å². The molecule has 0 heterocycles. The number of nitro benzene ring substituents is 1. The number of benzene rings is 3. The van der Waals surface area contributed by atoms with E-state index >= 15 is 0 Å². The highest BCUT2D eigenvalue weighted by atomic mass is 16.6. The highest BCUT2D eigenvalue weighted by Crippen LogP contribution is 2.34. The summed E-state index contributed by atoms with van der Waals surface area (Å²) in [5.41, 5.74) is 13.1. The lowest BCUT2D eigenvalue weighted by Crippen LogP contribution is -1.94. The average Bonchev–Trinajstić information content (AvgIpc) is 2.40. The summed E-state index contributed by atoms with van der Waals surface area (Å²) >= 11 is 0. The Hall–Kier alpha value is -2.82. The maximum atomic E-state index is 11.1. The molecule has 94 valence electrons. The van der Waals surface area contributed by atoms with Crippen molar-refractivity contribution in [2.75, 3.05) is 11.5 Å². The van der Waals surface area contributed by atoms with E-state index in [4.69, 9.17) is 11.5 Å². The van der Waals surface area contributed by atoms with Gasteiger partial charge >= 0.3 is 0 Å². The summed E-state index contributed by atoms with van der Waals surface area (Å²) < 4.78 is 0. The number of fused-ring (bicyclic) bond motifs is 2. The van der Waals surface area contributed by atoms with Crippen LogP contribution >= 0.6 is 0 Å². The number of nitro groups is 1. The summed E-state index contributed by atoms with van der Waals surface area (Å²) in [5, 5.41) is 13.9. The highest BCUT2D eigenvalue weighted by Gasteiger charge is 2.13. The van der Waals surface area contributed by atoms with Crippen LogP contribution in [0.2, 0.25) is 0 Å². The van der Waals surface area contributed by atoms with Gasteiger partial charge in [-0.05, 0) is 29.7 Å². The van der Waals surface area contributed by atoms with E-state index in [0.29, 0.717) is 16.8 Å². The van der Waals surface area contributed by atoms with E-state index in [2.05, 4.69) is 0 Å². The third-order valence-corrected chi connectivity index (χ3v) is 3.26. The zero-order valence-corrected chi connectivity index (χ0v) is 9.96. The molecule has 0 unspecified atom stereocenters. The summed E-state index contributed by atoms with van der Waals surface area (Å²) in [7, 11) is 0. The molecule has 0 bridgehead atoms. The number of nitrogens with two attached hydrogens (primary N) is 2. The second kappa shape index (κ2) is 3.84. The van der Waals surface area contributed by atoms with Crippen LogP contribution in [-0.2, 0) is 0 Å². The van der Waals surface area contributed by atoms with Gasteiger partial charge in [0.15, 0.2) is 0 Å². The topological polar surface area (TPSA) is 95.2 Å². The fourth-order valence-electron chi connectivity index (χ4n) is 2.30. The van der Waals surface area contributed by atoms with Gasteiger partial charge in [-0.3, -0.25) is 10.1 Å². The molecule has 0 aromatic heterocycles. The first-order valence-corrected chi connectivity index (χ1v) is 5.73. The SMILES string of the molecule is Nc1ccc(N)c2cc3c([N+](=O)[O-])cccc3cc12. The Labute approximate surface area is 108 Å². The van der Waals surface area contributed by atoms with Gasteiger partial charge in [0.1, 0.15) is 0 Å². The van der Waals surface area contributed by atoms with Gasteiger partial charge in [-0.25, -0.2) is 0 Å². The third kappa shape index (κ3) is 1.63. The van der Waals surface area contributed by atoms with Gasteiger partial charge in [0.25, 0.3) is 5.69 Å². The lowest BCUT2D eigenvalue weighted by Gasteiger charge is -2.07. The summed E-state index contributed by atoms with van der Waals surface area (Å²) in [5.74, 6) is 0. The Bertz CT molecular complexity index is 828. The predicted octanol–water partition coefficient (Wildman–Crippen LogP) is 3.07. The van der Waals surface area contributed by atoms with Crippen molar-refractivity contribution in [3.63, 3.8) is 0 Å². The summed E-state index contributed by atoms with van der Waals surface area (Å²) in [6.45, 7) is 0. The molecule has 5 heteroatoms. The van der Waals surface area contributed by atoms with Crippen LogP contribution in [0.5, 0.6) is 0 Å². The maximum absolute atomic E-state index is 11.1. The molecule has 0 aliphatic rings. The molecule has 0 aliphatic heterocycles. The number of non-ortho nitro benzene ring substituents is 1. The van der Waals surface area contributed by atoms with E-state index in [0.717, 1.165) is 16.2 Å². The number of hydrogen-bond donors (Lipinski definition) is 2. The molecule has 0 radical (unpaired) electrons. The van der Waals surface area contributed by atoms with Crippen LogP contribution < -0.4 is 11.5 Å². The number of anilines is 2. The van der Waals surface area contributed by atoms with Crippen LogP contribution in [0.1, 0.15) is 0 Å². The maximum Gasteiger partial charge on any atom is 0.277 e. The van der Waals surface area contributed by atoms with Gasteiger partial charge < -0.3 is 11.5 Å². The van der Waals surface area contributed by atoms with Crippen LogP contribution in [0.4, 0.5) is 17.1 Å². The van der Waals surface area contributed by atoms with Crippen molar-refractivity contribution < 1.29 is 4.92 Å². The Kier molecular flexibility index (Phi) is 2.28. The van der Waals surface area contributed by atoms with Gasteiger partial charge in [-0.15, -0.1) is 0 Å². The van der Waals surface area contributed by atoms with Gasteiger partial charge in [-0.1, -0.05) is 12.1 Å². The van der Waals surface area contributed by atoms with E-state index in [1.165, 1.54) is 6.07 Å². The molecule has 0 spiro atoms. The Morgan fingerprint density at radius 1 is 0.895 bits per heavy atom. The molecule has 19 heavy (non-hydrogen) atoms. The molecular formula is C14H11N3O2. The highest BCUT2D eigenvalue weighted by molar-refractivity contribution is 6.09. The largest absolute Gasteiger partial charge is 0.398 e. The third-order valence-electron chi connectivity index (χ3n) is 3.26. The lowest BCUT2D eigenvalue weighted by molar-refractivity contribution is -0.383. The van der Waals surface area contributed by atoms with Crippen LogP contribution in [0.25, 0.3) is 21.5 Å². The second-order valence-electron chi connectivity index (χ2n) is 4.40. The predicted molar refractivity (Wildman–Crippen MR) is 76.9 cm³/mol. The smallest absolute Gasteiger partial charge is 0.277 e. The molecule has 0 saturated carbocycles. The minimum atomic E-state index is -0.392. The van der Waals surface area contributed by atoms with E-state index < -0.39 is 4.92 Å². The Morgan fingerprint density at radius 3 is 2.16 bits per heavy atom. The van der Waals surface area contributed by atoms with E-state index in [1.54, 1.807) is 24.3 Å². The Morgan fingerprint density at radius 2 is 1.53 bits per heavy atom.